The summed E-state index contributed by atoms with van der Waals surface area (Å²) >= 11 is 0. The van der Waals surface area contributed by atoms with Gasteiger partial charge >= 0.3 is 17.1 Å². The topological polar surface area (TPSA) is 95.4 Å². The van der Waals surface area contributed by atoms with E-state index in [1.165, 1.54) is 32.3 Å². The lowest BCUT2D eigenvalue weighted by Crippen LogP contribution is -2.52. The Kier molecular flexibility index (Phi) is 3.56. The van der Waals surface area contributed by atoms with Crippen molar-refractivity contribution in [3.8, 4) is 5.69 Å². The lowest BCUT2D eigenvalue weighted by atomic mass is 10.2. The van der Waals surface area contributed by atoms with Crippen LogP contribution in [0.5, 0.6) is 0 Å². The second-order valence-corrected chi connectivity index (χ2v) is 4.48. The number of rotatable bonds is 2. The fourth-order valence-electron chi connectivity index (χ4n) is 1.90. The maximum atomic E-state index is 12.1. The van der Waals surface area contributed by atoms with Gasteiger partial charge in [0, 0.05) is 14.1 Å². The first kappa shape index (κ1) is 14.4. The molecule has 0 aliphatic carbocycles. The molecule has 1 aromatic heterocycles. The number of aryl methyl sites for hydroxylation is 1. The van der Waals surface area contributed by atoms with Crippen LogP contribution < -0.4 is 17.1 Å². The molecular weight excluding hydrogens is 276 g/mol. The molecule has 108 valence electrons. The average molecular weight is 288 g/mol. The Balaban J connectivity index is 2.89. The van der Waals surface area contributed by atoms with Gasteiger partial charge in [0.15, 0.2) is 0 Å². The molecule has 1 heterocycles. The number of nitrogens with zero attached hydrogens (tertiary/aromatic N) is 4. The highest BCUT2D eigenvalue weighted by Gasteiger charge is 2.13. The van der Waals surface area contributed by atoms with Crippen molar-refractivity contribution in [3.05, 3.63) is 55.2 Å². The molecule has 0 aliphatic heterocycles. The standard InChI is InChI=1S/C13H12N4O4/c1-8-4-5-9(6-10(8)14-7-18)17-12(20)15(2)11(19)16(3)13(17)21/h4-6H,1-3H3. The summed E-state index contributed by atoms with van der Waals surface area (Å²) in [5, 5.41) is 0. The first-order valence-corrected chi connectivity index (χ1v) is 5.96. The van der Waals surface area contributed by atoms with Crippen molar-refractivity contribution < 1.29 is 4.79 Å². The SMILES string of the molecule is Cc1ccc(-n2c(=O)n(C)c(=O)n(C)c2=O)cc1N=C=O. The molecule has 0 unspecified atom stereocenters. The highest BCUT2D eigenvalue weighted by Crippen LogP contribution is 2.20. The molecule has 2 aromatic rings. The van der Waals surface area contributed by atoms with Gasteiger partial charge in [-0.1, -0.05) is 6.07 Å². The van der Waals surface area contributed by atoms with Crippen molar-refractivity contribution in [1.29, 1.82) is 0 Å². The Morgan fingerprint density at radius 2 is 1.57 bits per heavy atom. The minimum absolute atomic E-state index is 0.218. The fourth-order valence-corrected chi connectivity index (χ4v) is 1.90. The summed E-state index contributed by atoms with van der Waals surface area (Å²) in [5.74, 6) is 0. The van der Waals surface area contributed by atoms with Gasteiger partial charge in [-0.05, 0) is 24.6 Å². The molecule has 0 radical (unpaired) electrons. The highest BCUT2D eigenvalue weighted by atomic mass is 16.2. The first-order valence-electron chi connectivity index (χ1n) is 5.96. The van der Waals surface area contributed by atoms with Crippen molar-refractivity contribution in [3.63, 3.8) is 0 Å². The van der Waals surface area contributed by atoms with Gasteiger partial charge < -0.3 is 0 Å². The average Bonchev–Trinajstić information content (AvgIpc) is 2.47. The Hall–Kier alpha value is -2.99. The molecule has 21 heavy (non-hydrogen) atoms. The number of carbonyl (C=O) groups excluding carboxylic acids is 1. The number of isocyanates is 1. The molecule has 8 heteroatoms. The zero-order valence-corrected chi connectivity index (χ0v) is 11.7. The third kappa shape index (κ3) is 2.28. The van der Waals surface area contributed by atoms with Crippen LogP contribution in [-0.2, 0) is 18.9 Å². The maximum absolute atomic E-state index is 12.1. The molecule has 2 rings (SSSR count). The number of benzene rings is 1. The minimum atomic E-state index is -0.770. The zero-order valence-electron chi connectivity index (χ0n) is 11.7. The predicted octanol–water partition coefficient (Wildman–Crippen LogP) is -0.489. The normalized spacial score (nSPS) is 10.2. The predicted molar refractivity (Wildman–Crippen MR) is 75.0 cm³/mol. The Bertz CT molecular complexity index is 902. The molecule has 0 spiro atoms. The van der Waals surface area contributed by atoms with Gasteiger partial charge in [0.25, 0.3) is 0 Å². The van der Waals surface area contributed by atoms with Crippen LogP contribution in [0.4, 0.5) is 5.69 Å². The van der Waals surface area contributed by atoms with E-state index in [4.69, 9.17) is 0 Å². The maximum Gasteiger partial charge on any atom is 0.340 e. The lowest BCUT2D eigenvalue weighted by molar-refractivity contribution is 0.565. The summed E-state index contributed by atoms with van der Waals surface area (Å²) in [6, 6.07) is 4.56. The molecule has 0 fully saturated rings. The van der Waals surface area contributed by atoms with Crippen LogP contribution >= 0.6 is 0 Å². The van der Waals surface area contributed by atoms with E-state index in [1.807, 2.05) is 0 Å². The van der Waals surface area contributed by atoms with Crippen LogP contribution in [0.1, 0.15) is 5.56 Å². The summed E-state index contributed by atoms with van der Waals surface area (Å²) in [5.41, 5.74) is -1.04. The van der Waals surface area contributed by atoms with E-state index in [9.17, 15) is 19.2 Å². The van der Waals surface area contributed by atoms with Crippen LogP contribution in [-0.4, -0.2) is 19.8 Å². The molecule has 1 aromatic carbocycles. The third-order valence-corrected chi connectivity index (χ3v) is 3.15. The van der Waals surface area contributed by atoms with Crippen molar-refractivity contribution in [2.75, 3.05) is 0 Å². The van der Waals surface area contributed by atoms with Crippen molar-refractivity contribution in [1.82, 2.24) is 13.7 Å². The van der Waals surface area contributed by atoms with Crippen LogP contribution in [0.3, 0.4) is 0 Å². The second-order valence-electron chi connectivity index (χ2n) is 4.48. The molecular formula is C13H12N4O4. The van der Waals surface area contributed by atoms with E-state index in [0.29, 0.717) is 11.3 Å². The summed E-state index contributed by atoms with van der Waals surface area (Å²) in [4.78, 5) is 49.8. The smallest absolute Gasteiger partial charge is 0.248 e. The van der Waals surface area contributed by atoms with Gasteiger partial charge in [0.05, 0.1) is 11.4 Å². The molecule has 0 atom stereocenters. The highest BCUT2D eigenvalue weighted by molar-refractivity contribution is 5.57. The van der Waals surface area contributed by atoms with Gasteiger partial charge in [-0.25, -0.2) is 32.9 Å². The quantitative estimate of drug-likeness (QED) is 0.550. The monoisotopic (exact) mass is 288 g/mol. The summed E-state index contributed by atoms with van der Waals surface area (Å²) in [6.07, 6.45) is 1.41. The second kappa shape index (κ2) is 5.18. The molecule has 0 N–H and O–H groups in total. The van der Waals surface area contributed by atoms with Crippen molar-refractivity contribution in [2.45, 2.75) is 6.92 Å². The Labute approximate surface area is 118 Å². The summed E-state index contributed by atoms with van der Waals surface area (Å²) in [7, 11) is 2.55. The van der Waals surface area contributed by atoms with Gasteiger partial charge in [-0.15, -0.1) is 0 Å². The Morgan fingerprint density at radius 1 is 1.00 bits per heavy atom. The third-order valence-electron chi connectivity index (χ3n) is 3.15. The number of hydrogen-bond acceptors (Lipinski definition) is 5. The number of aromatic nitrogens is 3. The zero-order chi connectivity index (χ0) is 15.7. The van der Waals surface area contributed by atoms with Crippen LogP contribution in [0.2, 0.25) is 0 Å². The Morgan fingerprint density at radius 3 is 2.10 bits per heavy atom. The number of hydrogen-bond donors (Lipinski definition) is 0. The van der Waals surface area contributed by atoms with E-state index in [0.717, 1.165) is 13.7 Å². The largest absolute Gasteiger partial charge is 0.340 e. The van der Waals surface area contributed by atoms with Crippen LogP contribution in [0.15, 0.2) is 37.6 Å². The summed E-state index contributed by atoms with van der Waals surface area (Å²) in [6.45, 7) is 1.72. The van der Waals surface area contributed by atoms with E-state index < -0.39 is 17.1 Å². The molecule has 0 amide bonds. The number of aliphatic imine (C=N–C) groups is 1. The van der Waals surface area contributed by atoms with Crippen LogP contribution in [0.25, 0.3) is 5.69 Å². The van der Waals surface area contributed by atoms with Gasteiger partial charge in [0.2, 0.25) is 6.08 Å². The van der Waals surface area contributed by atoms with E-state index >= 15 is 0 Å². The van der Waals surface area contributed by atoms with Crippen molar-refractivity contribution in [2.24, 2.45) is 19.1 Å². The molecule has 0 saturated carbocycles. The van der Waals surface area contributed by atoms with E-state index in [2.05, 4.69) is 4.99 Å². The van der Waals surface area contributed by atoms with Gasteiger partial charge in [0.1, 0.15) is 0 Å². The first-order chi connectivity index (χ1) is 9.88. The minimum Gasteiger partial charge on any atom is -0.248 e. The van der Waals surface area contributed by atoms with Gasteiger partial charge in [-0.2, -0.15) is 4.99 Å². The van der Waals surface area contributed by atoms with Crippen molar-refractivity contribution >= 4 is 11.8 Å². The molecule has 8 nitrogen and oxygen atoms in total. The summed E-state index contributed by atoms with van der Waals surface area (Å²) < 4.78 is 2.48. The van der Waals surface area contributed by atoms with E-state index in [-0.39, 0.29) is 5.69 Å². The molecule has 0 aliphatic rings. The lowest BCUT2D eigenvalue weighted by Gasteiger charge is -2.10. The molecule has 0 bridgehead atoms. The van der Waals surface area contributed by atoms with Gasteiger partial charge in [-0.3, -0.25) is 0 Å². The van der Waals surface area contributed by atoms with Crippen LogP contribution in [0, 0.1) is 6.92 Å². The fraction of sp³-hybridized carbons (Fsp3) is 0.231. The van der Waals surface area contributed by atoms with E-state index in [1.54, 1.807) is 13.0 Å². The molecule has 0 saturated heterocycles.